The first kappa shape index (κ1) is 10.8. The third-order valence-corrected chi connectivity index (χ3v) is 2.16. The molecule has 4 nitrogen and oxygen atoms in total. The molecule has 1 rings (SSSR count). The van der Waals surface area contributed by atoms with E-state index in [1.807, 2.05) is 0 Å². The Morgan fingerprint density at radius 2 is 2.21 bits per heavy atom. The number of nitrogens with zero attached hydrogens (tertiary/aromatic N) is 1. The molecule has 0 fully saturated rings. The van der Waals surface area contributed by atoms with E-state index in [2.05, 4.69) is 15.9 Å². The normalized spacial score (nSPS) is 9.79. The molecule has 14 heavy (non-hydrogen) atoms. The zero-order valence-electron chi connectivity index (χ0n) is 7.20. The summed E-state index contributed by atoms with van der Waals surface area (Å²) in [6, 6.07) is 4.35. The van der Waals surface area contributed by atoms with Crippen molar-refractivity contribution >= 4 is 27.9 Å². The lowest BCUT2D eigenvalue weighted by Crippen LogP contribution is -1.97. The van der Waals surface area contributed by atoms with E-state index in [1.165, 1.54) is 12.1 Å². The van der Waals surface area contributed by atoms with Crippen molar-refractivity contribution in [3.05, 3.63) is 39.4 Å². The van der Waals surface area contributed by atoms with E-state index in [-0.39, 0.29) is 11.3 Å². The molecule has 0 amide bonds. The summed E-state index contributed by atoms with van der Waals surface area (Å²) in [6.45, 7) is 0. The van der Waals surface area contributed by atoms with Crippen molar-refractivity contribution in [1.82, 2.24) is 0 Å². The van der Waals surface area contributed by atoms with Gasteiger partial charge in [-0.2, -0.15) is 0 Å². The Kier molecular flexibility index (Phi) is 3.76. The van der Waals surface area contributed by atoms with Crippen molar-refractivity contribution in [2.45, 2.75) is 6.42 Å². The summed E-state index contributed by atoms with van der Waals surface area (Å²) in [7, 11) is 0. The molecular weight excluding hydrogens is 250 g/mol. The molecule has 73 valence electrons. The third-order valence-electron chi connectivity index (χ3n) is 1.76. The second kappa shape index (κ2) is 4.85. The number of nitro benzene ring substituents is 1. The van der Waals surface area contributed by atoms with Gasteiger partial charge in [0.1, 0.15) is 0 Å². The Balaban J connectivity index is 3.16. The van der Waals surface area contributed by atoms with Crippen molar-refractivity contribution in [2.75, 3.05) is 5.33 Å². The number of nitro groups is 1. The van der Waals surface area contributed by atoms with E-state index < -0.39 is 4.92 Å². The Hall–Kier alpha value is -1.23. The molecule has 0 aliphatic heterocycles. The van der Waals surface area contributed by atoms with E-state index in [4.69, 9.17) is 0 Å². The van der Waals surface area contributed by atoms with Gasteiger partial charge in [0.15, 0.2) is 0 Å². The molecule has 0 aliphatic rings. The van der Waals surface area contributed by atoms with Gasteiger partial charge >= 0.3 is 0 Å². The van der Waals surface area contributed by atoms with Gasteiger partial charge in [0.25, 0.3) is 5.69 Å². The van der Waals surface area contributed by atoms with Crippen LogP contribution in [0.25, 0.3) is 0 Å². The van der Waals surface area contributed by atoms with Crippen LogP contribution in [0.1, 0.15) is 11.1 Å². The summed E-state index contributed by atoms with van der Waals surface area (Å²) in [5.74, 6) is 0. The number of rotatable bonds is 4. The lowest BCUT2D eigenvalue weighted by molar-refractivity contribution is -0.385. The molecule has 0 aromatic heterocycles. The first-order chi connectivity index (χ1) is 6.69. The van der Waals surface area contributed by atoms with Crippen LogP contribution in [-0.4, -0.2) is 16.5 Å². The van der Waals surface area contributed by atoms with Crippen LogP contribution in [0, 0.1) is 10.1 Å². The second-order valence-corrected chi connectivity index (χ2v) is 3.43. The van der Waals surface area contributed by atoms with E-state index in [9.17, 15) is 14.9 Å². The fourth-order valence-electron chi connectivity index (χ4n) is 1.11. The monoisotopic (exact) mass is 256 g/mol. The Bertz CT molecular complexity index is 365. The van der Waals surface area contributed by atoms with Crippen LogP contribution < -0.4 is 0 Å². The van der Waals surface area contributed by atoms with E-state index in [0.29, 0.717) is 17.3 Å². The summed E-state index contributed by atoms with van der Waals surface area (Å²) >= 11 is 3.21. The van der Waals surface area contributed by atoms with Crippen LogP contribution in [0.4, 0.5) is 5.69 Å². The quantitative estimate of drug-likeness (QED) is 0.470. The number of benzene rings is 1. The van der Waals surface area contributed by atoms with Crippen LogP contribution in [0.3, 0.4) is 0 Å². The van der Waals surface area contributed by atoms with Crippen molar-refractivity contribution < 1.29 is 9.72 Å². The molecule has 0 atom stereocenters. The summed E-state index contributed by atoms with van der Waals surface area (Å²) in [5, 5.41) is 11.3. The minimum absolute atomic E-state index is 0.0229. The SMILES string of the molecule is O=[C]c1ccc(CCBr)c([N+](=O)[O-])c1. The zero-order chi connectivity index (χ0) is 10.6. The fraction of sp³-hybridized carbons (Fsp3) is 0.222. The maximum absolute atomic E-state index is 10.6. The van der Waals surface area contributed by atoms with Gasteiger partial charge in [-0.1, -0.05) is 28.1 Å². The second-order valence-electron chi connectivity index (χ2n) is 2.64. The number of carbonyl (C=O) groups excluding carboxylic acids is 1. The number of hydrogen-bond acceptors (Lipinski definition) is 3. The van der Waals surface area contributed by atoms with Crippen LogP contribution in [0.2, 0.25) is 0 Å². The summed E-state index contributed by atoms with van der Waals surface area (Å²) in [4.78, 5) is 20.4. The summed E-state index contributed by atoms with van der Waals surface area (Å²) < 4.78 is 0. The smallest absolute Gasteiger partial charge is 0.273 e. The highest BCUT2D eigenvalue weighted by molar-refractivity contribution is 9.09. The molecule has 0 unspecified atom stereocenters. The molecule has 0 saturated heterocycles. The van der Waals surface area contributed by atoms with Crippen LogP contribution >= 0.6 is 15.9 Å². The average molecular weight is 257 g/mol. The molecule has 1 aromatic carbocycles. The van der Waals surface area contributed by atoms with E-state index in [1.54, 1.807) is 12.4 Å². The first-order valence-electron chi connectivity index (χ1n) is 3.90. The number of halogens is 1. The molecule has 1 aromatic rings. The zero-order valence-corrected chi connectivity index (χ0v) is 8.78. The number of hydrogen-bond donors (Lipinski definition) is 0. The molecular formula is C9H7BrNO3. The van der Waals surface area contributed by atoms with Crippen molar-refractivity contribution in [3.63, 3.8) is 0 Å². The van der Waals surface area contributed by atoms with Gasteiger partial charge in [0, 0.05) is 22.5 Å². The average Bonchev–Trinajstić information content (AvgIpc) is 2.18. The third kappa shape index (κ3) is 2.38. The minimum Gasteiger partial charge on any atom is -0.285 e. The van der Waals surface area contributed by atoms with Crippen LogP contribution in [0.15, 0.2) is 18.2 Å². The van der Waals surface area contributed by atoms with Crippen molar-refractivity contribution in [2.24, 2.45) is 0 Å². The lowest BCUT2D eigenvalue weighted by atomic mass is 10.1. The van der Waals surface area contributed by atoms with Crippen LogP contribution in [0.5, 0.6) is 0 Å². The highest BCUT2D eigenvalue weighted by Crippen LogP contribution is 2.20. The Morgan fingerprint density at radius 3 is 2.71 bits per heavy atom. The summed E-state index contributed by atoms with van der Waals surface area (Å²) in [5.41, 5.74) is 0.797. The largest absolute Gasteiger partial charge is 0.285 e. The van der Waals surface area contributed by atoms with Crippen molar-refractivity contribution in [1.29, 1.82) is 0 Å². The van der Waals surface area contributed by atoms with Gasteiger partial charge in [0.2, 0.25) is 6.29 Å². The maximum atomic E-state index is 10.6. The van der Waals surface area contributed by atoms with Gasteiger partial charge in [-0.3, -0.25) is 14.9 Å². The predicted molar refractivity (Wildman–Crippen MR) is 55.4 cm³/mol. The van der Waals surface area contributed by atoms with E-state index >= 15 is 0 Å². The molecule has 1 radical (unpaired) electrons. The molecule has 0 spiro atoms. The summed E-state index contributed by atoms with van der Waals surface area (Å²) in [6.07, 6.45) is 2.19. The maximum Gasteiger partial charge on any atom is 0.273 e. The van der Waals surface area contributed by atoms with Gasteiger partial charge in [-0.15, -0.1) is 0 Å². The Labute approximate surface area is 89.2 Å². The number of aryl methyl sites for hydroxylation is 1. The predicted octanol–water partition coefficient (Wildman–Crippen LogP) is 1.99. The van der Waals surface area contributed by atoms with Gasteiger partial charge in [0.05, 0.1) is 4.92 Å². The molecule has 0 aliphatic carbocycles. The van der Waals surface area contributed by atoms with Crippen LogP contribution in [-0.2, 0) is 11.2 Å². The molecule has 5 heteroatoms. The lowest BCUT2D eigenvalue weighted by Gasteiger charge is -2.00. The van der Waals surface area contributed by atoms with E-state index in [0.717, 1.165) is 0 Å². The molecule has 0 N–H and O–H groups in total. The van der Waals surface area contributed by atoms with Gasteiger partial charge < -0.3 is 0 Å². The molecule has 0 bridgehead atoms. The Morgan fingerprint density at radius 1 is 1.50 bits per heavy atom. The standard InChI is InChI=1S/C9H7BrNO3/c10-4-3-8-2-1-7(6-12)5-9(8)11(13)14/h1-2,5H,3-4H2. The van der Waals surface area contributed by atoms with Crippen molar-refractivity contribution in [3.8, 4) is 0 Å². The first-order valence-corrected chi connectivity index (χ1v) is 5.02. The van der Waals surface area contributed by atoms with Gasteiger partial charge in [-0.25, -0.2) is 0 Å². The highest BCUT2D eigenvalue weighted by Gasteiger charge is 2.13. The minimum atomic E-state index is -0.487. The number of alkyl halides is 1. The molecule has 0 heterocycles. The van der Waals surface area contributed by atoms with Gasteiger partial charge in [-0.05, 0) is 6.42 Å². The molecule has 0 saturated carbocycles. The highest BCUT2D eigenvalue weighted by atomic mass is 79.9. The fourth-order valence-corrected chi connectivity index (χ4v) is 1.54. The topological polar surface area (TPSA) is 60.2 Å².